The van der Waals surface area contributed by atoms with Crippen LogP contribution in [0.15, 0.2) is 42.5 Å². The first kappa shape index (κ1) is 30.1. The summed E-state index contributed by atoms with van der Waals surface area (Å²) in [6.07, 6.45) is 2.57. The Kier molecular flexibility index (Phi) is 12.7. The lowest BCUT2D eigenvalue weighted by Crippen LogP contribution is -2.47. The Labute approximate surface area is 220 Å². The predicted octanol–water partition coefficient (Wildman–Crippen LogP) is 5.15. The molecule has 2 aromatic rings. The molecule has 0 spiro atoms. The molecule has 0 aliphatic rings. The number of amides is 1. The lowest BCUT2D eigenvalue weighted by molar-refractivity contribution is -0.159. The highest BCUT2D eigenvalue weighted by Gasteiger charge is 2.29. The number of fused-ring (bicyclic) bond motifs is 1. The Morgan fingerprint density at radius 1 is 1.06 bits per heavy atom. The molecule has 2 rings (SSSR count). The van der Waals surface area contributed by atoms with Crippen LogP contribution in [0.2, 0.25) is 0 Å². The Bertz CT molecular complexity index is 953. The minimum atomic E-state index is -0.676. The van der Waals surface area contributed by atoms with Crippen LogP contribution in [0.25, 0.3) is 10.8 Å². The third kappa shape index (κ3) is 10.1. The van der Waals surface area contributed by atoms with Crippen molar-refractivity contribution in [2.45, 2.75) is 78.0 Å². The molecule has 0 saturated heterocycles. The molecule has 0 bridgehead atoms. The van der Waals surface area contributed by atoms with Gasteiger partial charge in [0.15, 0.2) is 0 Å². The van der Waals surface area contributed by atoms with Gasteiger partial charge >= 0.3 is 5.97 Å². The van der Waals surface area contributed by atoms with E-state index in [1.807, 2.05) is 45.9 Å². The van der Waals surface area contributed by atoms with Crippen molar-refractivity contribution in [2.24, 2.45) is 5.92 Å². The van der Waals surface area contributed by atoms with Gasteiger partial charge in [-0.1, -0.05) is 62.2 Å². The first-order chi connectivity index (χ1) is 17.2. The number of thioether (sulfide) groups is 1. The molecule has 3 atom stereocenters. The van der Waals surface area contributed by atoms with Crippen molar-refractivity contribution in [1.29, 1.82) is 0 Å². The molecule has 200 valence electrons. The van der Waals surface area contributed by atoms with Crippen LogP contribution < -0.4 is 5.32 Å². The average Bonchev–Trinajstić information content (AvgIpc) is 2.84. The van der Waals surface area contributed by atoms with Crippen molar-refractivity contribution in [3.8, 4) is 0 Å². The molecular weight excluding hydrogens is 474 g/mol. The number of nitrogens with one attached hydrogen (secondary N) is 1. The van der Waals surface area contributed by atoms with Gasteiger partial charge in [-0.05, 0) is 56.9 Å². The summed E-state index contributed by atoms with van der Waals surface area (Å²) in [5, 5.41) is 14.8. The first-order valence-electron chi connectivity index (χ1n) is 13.0. The lowest BCUT2D eigenvalue weighted by Gasteiger charge is -2.26. The third-order valence-corrected chi connectivity index (χ3v) is 7.05. The van der Waals surface area contributed by atoms with Gasteiger partial charge in [0.1, 0.15) is 11.6 Å². The fourth-order valence-corrected chi connectivity index (χ4v) is 5.17. The monoisotopic (exact) mass is 517 g/mol. The van der Waals surface area contributed by atoms with E-state index in [4.69, 9.17) is 9.47 Å². The second kappa shape index (κ2) is 15.2. The van der Waals surface area contributed by atoms with Gasteiger partial charge in [-0.15, -0.1) is 0 Å². The third-order valence-electron chi connectivity index (χ3n) is 5.80. The highest BCUT2D eigenvalue weighted by atomic mass is 32.2. The van der Waals surface area contributed by atoms with Crippen molar-refractivity contribution in [3.05, 3.63) is 48.0 Å². The van der Waals surface area contributed by atoms with E-state index in [0.29, 0.717) is 31.0 Å². The van der Waals surface area contributed by atoms with Gasteiger partial charge in [0.05, 0.1) is 18.6 Å². The number of ether oxygens (including phenoxy) is 2. The fourth-order valence-electron chi connectivity index (χ4n) is 4.01. The molecule has 0 aliphatic carbocycles. The Hall–Kier alpha value is -2.09. The Balaban J connectivity index is 2.23. The molecule has 0 saturated carbocycles. The molecule has 0 unspecified atom stereocenters. The number of aliphatic hydroxyl groups excluding tert-OH is 1. The maximum absolute atomic E-state index is 13.6. The van der Waals surface area contributed by atoms with E-state index in [0.717, 1.165) is 29.2 Å². The summed E-state index contributed by atoms with van der Waals surface area (Å²) in [5.74, 6) is 0.243. The van der Waals surface area contributed by atoms with Gasteiger partial charge in [0, 0.05) is 18.1 Å². The quantitative estimate of drug-likeness (QED) is 0.318. The molecule has 6 nitrogen and oxygen atoms in total. The van der Waals surface area contributed by atoms with E-state index in [1.165, 1.54) is 0 Å². The van der Waals surface area contributed by atoms with Crippen LogP contribution >= 0.6 is 11.8 Å². The summed E-state index contributed by atoms with van der Waals surface area (Å²) in [4.78, 5) is 26.5. The number of carbonyl (C=O) groups excluding carboxylic acids is 2. The van der Waals surface area contributed by atoms with Crippen molar-refractivity contribution < 1.29 is 24.2 Å². The summed E-state index contributed by atoms with van der Waals surface area (Å²) >= 11 is 1.59. The molecule has 0 radical (unpaired) electrons. The van der Waals surface area contributed by atoms with Crippen LogP contribution in [0, 0.1) is 5.92 Å². The van der Waals surface area contributed by atoms with E-state index in [9.17, 15) is 14.7 Å². The fraction of sp³-hybridized carbons (Fsp3) is 0.586. The number of hydrogen-bond donors (Lipinski definition) is 2. The van der Waals surface area contributed by atoms with Crippen molar-refractivity contribution in [1.82, 2.24) is 5.32 Å². The second-order valence-corrected chi connectivity index (χ2v) is 11.1. The molecule has 1 amide bonds. The summed E-state index contributed by atoms with van der Waals surface area (Å²) < 4.78 is 11.2. The Morgan fingerprint density at radius 2 is 1.78 bits per heavy atom. The molecule has 36 heavy (non-hydrogen) atoms. The van der Waals surface area contributed by atoms with E-state index in [2.05, 4.69) is 36.5 Å². The lowest BCUT2D eigenvalue weighted by atomic mass is 9.95. The van der Waals surface area contributed by atoms with E-state index < -0.39 is 17.6 Å². The second-order valence-electron chi connectivity index (χ2n) is 10.1. The van der Waals surface area contributed by atoms with Gasteiger partial charge in [-0.3, -0.25) is 4.79 Å². The SMILES string of the molecule is CCCC[C@H](NC(=O)[C@@H](CSC[C@H](CO)OCC)Cc1cccc2ccccc12)C(=O)OC(C)(C)C. The molecule has 0 heterocycles. The summed E-state index contributed by atoms with van der Waals surface area (Å²) in [7, 11) is 0. The molecule has 2 N–H and O–H groups in total. The van der Waals surface area contributed by atoms with Gasteiger partial charge in [-0.25, -0.2) is 4.79 Å². The molecule has 2 aromatic carbocycles. The summed E-state index contributed by atoms with van der Waals surface area (Å²) in [6.45, 7) is 9.93. The number of benzene rings is 2. The zero-order valence-electron chi connectivity index (χ0n) is 22.4. The average molecular weight is 518 g/mol. The number of aliphatic hydroxyl groups is 1. The van der Waals surface area contributed by atoms with Gasteiger partial charge in [-0.2, -0.15) is 11.8 Å². The van der Waals surface area contributed by atoms with Crippen LogP contribution in [0.5, 0.6) is 0 Å². The molecule has 0 fully saturated rings. The largest absolute Gasteiger partial charge is 0.458 e. The van der Waals surface area contributed by atoms with Crippen molar-refractivity contribution >= 4 is 34.4 Å². The maximum atomic E-state index is 13.6. The van der Waals surface area contributed by atoms with E-state index >= 15 is 0 Å². The summed E-state index contributed by atoms with van der Waals surface area (Å²) in [5.41, 5.74) is 0.475. The zero-order valence-corrected chi connectivity index (χ0v) is 23.2. The van der Waals surface area contributed by atoms with Gasteiger partial charge in [0.25, 0.3) is 0 Å². The zero-order chi connectivity index (χ0) is 26.6. The highest BCUT2D eigenvalue weighted by Crippen LogP contribution is 2.24. The normalized spacial score (nSPS) is 14.3. The minimum Gasteiger partial charge on any atom is -0.458 e. The van der Waals surface area contributed by atoms with Gasteiger partial charge in [0.2, 0.25) is 5.91 Å². The van der Waals surface area contributed by atoms with Crippen molar-refractivity contribution in [3.63, 3.8) is 0 Å². The standard InChI is InChI=1S/C29H43NO5S/c1-6-8-16-26(28(33)35-29(3,4)5)30-27(32)23(19-36-20-24(18-31)34-7-2)17-22-14-11-13-21-12-9-10-15-25(21)22/h9-15,23-24,26,31H,6-8,16-20H2,1-5H3,(H,30,32)/t23-,24+,26+/m1/s1. The maximum Gasteiger partial charge on any atom is 0.329 e. The number of hydrogen-bond acceptors (Lipinski definition) is 6. The molecular formula is C29H43NO5S. The van der Waals surface area contributed by atoms with Crippen LogP contribution in [-0.2, 0) is 25.5 Å². The molecule has 7 heteroatoms. The summed E-state index contributed by atoms with van der Waals surface area (Å²) in [6, 6.07) is 13.6. The topological polar surface area (TPSA) is 84.9 Å². The minimum absolute atomic E-state index is 0.0568. The Morgan fingerprint density at radius 3 is 2.44 bits per heavy atom. The number of unbranched alkanes of at least 4 members (excludes halogenated alkanes) is 1. The molecule has 0 aliphatic heterocycles. The first-order valence-corrected chi connectivity index (χ1v) is 14.1. The number of rotatable bonds is 15. The van der Waals surface area contributed by atoms with Crippen LogP contribution in [0.4, 0.5) is 0 Å². The van der Waals surface area contributed by atoms with Crippen molar-refractivity contribution in [2.75, 3.05) is 24.7 Å². The molecule has 0 aromatic heterocycles. The van der Waals surface area contributed by atoms with Gasteiger partial charge < -0.3 is 19.9 Å². The smallest absolute Gasteiger partial charge is 0.329 e. The van der Waals surface area contributed by atoms with Crippen LogP contribution in [0.3, 0.4) is 0 Å². The van der Waals surface area contributed by atoms with Crippen LogP contribution in [0.1, 0.15) is 59.4 Å². The van der Waals surface area contributed by atoms with E-state index in [-0.39, 0.29) is 24.5 Å². The van der Waals surface area contributed by atoms with Crippen LogP contribution in [-0.4, -0.2) is 59.4 Å². The van der Waals surface area contributed by atoms with E-state index in [1.54, 1.807) is 11.8 Å². The predicted molar refractivity (Wildman–Crippen MR) is 148 cm³/mol. The number of esters is 1. The number of carbonyl (C=O) groups is 2. The highest BCUT2D eigenvalue weighted by molar-refractivity contribution is 7.99.